The molecule has 0 radical (unpaired) electrons. The fourth-order valence-corrected chi connectivity index (χ4v) is 3.97. The van der Waals surface area contributed by atoms with E-state index in [4.69, 9.17) is 0 Å². The summed E-state index contributed by atoms with van der Waals surface area (Å²) in [5.74, 6) is 0. The topological polar surface area (TPSA) is 52.7 Å². The molecule has 35 heavy (non-hydrogen) atoms. The molecule has 0 fully saturated rings. The van der Waals surface area contributed by atoms with Crippen LogP contribution in [-0.4, -0.2) is 13.1 Å². The minimum atomic E-state index is 0.788. The first-order valence-corrected chi connectivity index (χ1v) is 13.1. The van der Waals surface area contributed by atoms with E-state index in [0.717, 1.165) is 42.3 Å². The first kappa shape index (κ1) is 26.3. The molecule has 0 aliphatic heterocycles. The van der Waals surface area contributed by atoms with Gasteiger partial charge >= 0.3 is 0 Å². The molecule has 0 saturated heterocycles. The summed E-state index contributed by atoms with van der Waals surface area (Å²) in [6.07, 6.45) is 9.10. The standard InChI is InChI=1S/C30H39N5/c1-4-7-8-9-10-11-12-25-13-15-26(16-14-25)31-32-27-17-19-28(20-18-27)33-34-29-21-23-30(24-22-29)35(5-2)6-3/h13-24H,4-12H2,1-3H3. The first-order valence-electron chi connectivity index (χ1n) is 13.1. The maximum absolute atomic E-state index is 4.37. The normalized spacial score (nSPS) is 11.5. The van der Waals surface area contributed by atoms with Crippen LogP contribution in [0.4, 0.5) is 28.4 Å². The van der Waals surface area contributed by atoms with Gasteiger partial charge in [0.15, 0.2) is 0 Å². The monoisotopic (exact) mass is 469 g/mol. The number of anilines is 1. The molecule has 0 unspecified atom stereocenters. The molecule has 184 valence electrons. The molecule has 3 aromatic carbocycles. The Hall–Kier alpha value is -3.34. The molecule has 0 aliphatic carbocycles. The Labute approximate surface area is 211 Å². The number of benzene rings is 3. The predicted molar refractivity (Wildman–Crippen MR) is 148 cm³/mol. The van der Waals surface area contributed by atoms with E-state index in [1.807, 2.05) is 48.5 Å². The molecule has 3 aromatic rings. The SMILES string of the molecule is CCCCCCCCc1ccc(N=Nc2ccc(N=Nc3ccc(N(CC)CC)cc3)cc2)cc1. The van der Waals surface area contributed by atoms with Crippen LogP contribution in [0.15, 0.2) is 93.3 Å². The molecule has 0 aliphatic rings. The second-order valence-electron chi connectivity index (χ2n) is 8.79. The smallest absolute Gasteiger partial charge is 0.0858 e. The fourth-order valence-electron chi connectivity index (χ4n) is 3.97. The highest BCUT2D eigenvalue weighted by atomic mass is 15.1. The lowest BCUT2D eigenvalue weighted by molar-refractivity contribution is 0.607. The highest BCUT2D eigenvalue weighted by Gasteiger charge is 2.01. The number of azo groups is 2. The van der Waals surface area contributed by atoms with Crippen molar-refractivity contribution in [3.8, 4) is 0 Å². The summed E-state index contributed by atoms with van der Waals surface area (Å²) in [6.45, 7) is 8.56. The maximum atomic E-state index is 4.37. The van der Waals surface area contributed by atoms with Crippen molar-refractivity contribution in [1.29, 1.82) is 0 Å². The van der Waals surface area contributed by atoms with E-state index < -0.39 is 0 Å². The Balaban J connectivity index is 1.47. The van der Waals surface area contributed by atoms with E-state index in [0.29, 0.717) is 0 Å². The summed E-state index contributed by atoms with van der Waals surface area (Å²) in [4.78, 5) is 2.30. The predicted octanol–water partition coefficient (Wildman–Crippen LogP) is 10.3. The molecule has 0 N–H and O–H groups in total. The van der Waals surface area contributed by atoms with Crippen LogP contribution in [0.1, 0.15) is 64.9 Å². The van der Waals surface area contributed by atoms with E-state index in [-0.39, 0.29) is 0 Å². The van der Waals surface area contributed by atoms with Gasteiger partial charge in [-0.15, -0.1) is 0 Å². The van der Waals surface area contributed by atoms with Crippen LogP contribution >= 0.6 is 0 Å². The Morgan fingerprint density at radius 1 is 0.486 bits per heavy atom. The third-order valence-electron chi connectivity index (χ3n) is 6.15. The quantitative estimate of drug-likeness (QED) is 0.171. The Morgan fingerprint density at radius 3 is 1.34 bits per heavy atom. The van der Waals surface area contributed by atoms with E-state index in [9.17, 15) is 0 Å². The van der Waals surface area contributed by atoms with Crippen LogP contribution in [0.2, 0.25) is 0 Å². The van der Waals surface area contributed by atoms with Gasteiger partial charge in [-0.3, -0.25) is 0 Å². The Kier molecular flexibility index (Phi) is 11.1. The number of aryl methyl sites for hydroxylation is 1. The number of nitrogens with zero attached hydrogens (tertiary/aromatic N) is 5. The second kappa shape index (κ2) is 14.8. The first-order chi connectivity index (χ1) is 17.2. The summed E-state index contributed by atoms with van der Waals surface area (Å²) < 4.78 is 0. The summed E-state index contributed by atoms with van der Waals surface area (Å²) in [7, 11) is 0. The average molecular weight is 470 g/mol. The lowest BCUT2D eigenvalue weighted by Crippen LogP contribution is -2.21. The van der Waals surface area contributed by atoms with Crippen molar-refractivity contribution in [1.82, 2.24) is 0 Å². The van der Waals surface area contributed by atoms with Crippen molar-refractivity contribution < 1.29 is 0 Å². The third kappa shape index (κ3) is 9.08. The van der Waals surface area contributed by atoms with Gasteiger partial charge in [-0.2, -0.15) is 20.5 Å². The van der Waals surface area contributed by atoms with Gasteiger partial charge in [0.05, 0.1) is 22.7 Å². The minimum absolute atomic E-state index is 0.788. The van der Waals surface area contributed by atoms with E-state index in [1.54, 1.807) is 0 Å². The lowest BCUT2D eigenvalue weighted by Gasteiger charge is -2.20. The van der Waals surface area contributed by atoms with Gasteiger partial charge in [-0.05, 0) is 92.9 Å². The highest BCUT2D eigenvalue weighted by Crippen LogP contribution is 2.25. The van der Waals surface area contributed by atoms with Crippen molar-refractivity contribution in [2.24, 2.45) is 20.5 Å². The van der Waals surface area contributed by atoms with Gasteiger partial charge in [0.2, 0.25) is 0 Å². The second-order valence-corrected chi connectivity index (χ2v) is 8.79. The van der Waals surface area contributed by atoms with Gasteiger partial charge in [0.1, 0.15) is 0 Å². The van der Waals surface area contributed by atoms with Crippen LogP contribution in [0, 0.1) is 0 Å². The fraction of sp³-hybridized carbons (Fsp3) is 0.400. The molecule has 5 heteroatoms. The Morgan fingerprint density at radius 2 is 0.886 bits per heavy atom. The van der Waals surface area contributed by atoms with Crippen LogP contribution in [0.25, 0.3) is 0 Å². The van der Waals surface area contributed by atoms with Crippen LogP contribution in [-0.2, 0) is 6.42 Å². The summed E-state index contributed by atoms with van der Waals surface area (Å²) in [5.41, 5.74) is 5.87. The highest BCUT2D eigenvalue weighted by molar-refractivity contribution is 5.53. The number of hydrogen-bond acceptors (Lipinski definition) is 5. The molecule has 0 saturated carbocycles. The van der Waals surface area contributed by atoms with E-state index in [2.05, 4.69) is 70.4 Å². The number of unbranched alkanes of at least 4 members (excludes halogenated alkanes) is 5. The van der Waals surface area contributed by atoms with E-state index in [1.165, 1.54) is 49.8 Å². The molecular weight excluding hydrogens is 430 g/mol. The largest absolute Gasteiger partial charge is 0.372 e. The van der Waals surface area contributed by atoms with Gasteiger partial charge in [0, 0.05) is 18.8 Å². The molecule has 5 nitrogen and oxygen atoms in total. The molecule has 0 amide bonds. The molecule has 0 atom stereocenters. The van der Waals surface area contributed by atoms with Crippen LogP contribution < -0.4 is 4.90 Å². The van der Waals surface area contributed by atoms with Gasteiger partial charge < -0.3 is 4.90 Å². The van der Waals surface area contributed by atoms with Crippen molar-refractivity contribution in [2.45, 2.75) is 65.7 Å². The Bertz CT molecular complexity index is 1030. The summed E-state index contributed by atoms with van der Waals surface area (Å²) in [6, 6.07) is 24.2. The molecule has 0 bridgehead atoms. The number of rotatable bonds is 14. The van der Waals surface area contributed by atoms with Crippen LogP contribution in [0.5, 0.6) is 0 Å². The zero-order chi connectivity index (χ0) is 24.7. The molecule has 0 spiro atoms. The van der Waals surface area contributed by atoms with Gasteiger partial charge in [0.25, 0.3) is 0 Å². The average Bonchev–Trinajstić information content (AvgIpc) is 2.91. The van der Waals surface area contributed by atoms with Crippen molar-refractivity contribution in [3.63, 3.8) is 0 Å². The summed E-state index contributed by atoms with van der Waals surface area (Å²) >= 11 is 0. The minimum Gasteiger partial charge on any atom is -0.372 e. The molecular formula is C30H39N5. The number of hydrogen-bond donors (Lipinski definition) is 0. The van der Waals surface area contributed by atoms with Crippen molar-refractivity contribution in [3.05, 3.63) is 78.4 Å². The zero-order valence-electron chi connectivity index (χ0n) is 21.5. The van der Waals surface area contributed by atoms with Crippen LogP contribution in [0.3, 0.4) is 0 Å². The summed E-state index contributed by atoms with van der Waals surface area (Å²) in [5, 5.41) is 17.4. The maximum Gasteiger partial charge on any atom is 0.0858 e. The molecule has 0 aromatic heterocycles. The lowest BCUT2D eigenvalue weighted by atomic mass is 10.0. The van der Waals surface area contributed by atoms with Gasteiger partial charge in [-0.1, -0.05) is 51.2 Å². The van der Waals surface area contributed by atoms with Crippen molar-refractivity contribution >= 4 is 28.4 Å². The van der Waals surface area contributed by atoms with Gasteiger partial charge in [-0.25, -0.2) is 0 Å². The third-order valence-corrected chi connectivity index (χ3v) is 6.15. The van der Waals surface area contributed by atoms with Crippen molar-refractivity contribution in [2.75, 3.05) is 18.0 Å². The zero-order valence-corrected chi connectivity index (χ0v) is 21.5. The van der Waals surface area contributed by atoms with E-state index >= 15 is 0 Å². The molecule has 3 rings (SSSR count). The molecule has 0 heterocycles.